The molecule has 2 aromatic carbocycles. The van der Waals surface area contributed by atoms with Gasteiger partial charge in [-0.1, -0.05) is 45.0 Å². The smallest absolute Gasteiger partial charge is 0.272 e. The average molecular weight is 455 g/mol. The van der Waals surface area contributed by atoms with E-state index >= 15 is 0 Å². The van der Waals surface area contributed by atoms with Crippen molar-refractivity contribution < 1.29 is 4.79 Å². The van der Waals surface area contributed by atoms with Crippen LogP contribution in [-0.4, -0.2) is 17.1 Å². The minimum atomic E-state index is -0.235. The molecule has 1 amide bonds. The van der Waals surface area contributed by atoms with Crippen LogP contribution >= 0.6 is 27.3 Å². The molecule has 3 heterocycles. The molecule has 8 heteroatoms. The first-order valence-corrected chi connectivity index (χ1v) is 10.3. The number of nitrogens with one attached hydrogen (secondary N) is 1. The van der Waals surface area contributed by atoms with E-state index in [2.05, 4.69) is 26.2 Å². The van der Waals surface area contributed by atoms with Crippen molar-refractivity contribution in [3.05, 3.63) is 77.8 Å². The number of aryl methyl sites for hydroxylation is 1. The highest BCUT2D eigenvalue weighted by Gasteiger charge is 2.28. The fourth-order valence-electron chi connectivity index (χ4n) is 3.50. The van der Waals surface area contributed by atoms with Crippen LogP contribution in [0.4, 0.5) is 11.4 Å². The molecule has 2 aliphatic heterocycles. The Morgan fingerprint density at radius 2 is 2.04 bits per heavy atom. The van der Waals surface area contributed by atoms with Gasteiger partial charge in [0.1, 0.15) is 17.9 Å². The normalized spacial score (nSPS) is 17.1. The van der Waals surface area contributed by atoms with Gasteiger partial charge < -0.3 is 10.2 Å². The van der Waals surface area contributed by atoms with Crippen LogP contribution in [0.15, 0.2) is 56.7 Å². The zero-order valence-electron chi connectivity index (χ0n) is 14.9. The van der Waals surface area contributed by atoms with Crippen molar-refractivity contribution in [2.24, 2.45) is 4.99 Å². The fraction of sp³-hybridized carbons (Fsp3) is 0.150. The zero-order valence-corrected chi connectivity index (χ0v) is 17.3. The summed E-state index contributed by atoms with van der Waals surface area (Å²) in [6.07, 6.45) is 0. The lowest BCUT2D eigenvalue weighted by Gasteiger charge is -2.25. The van der Waals surface area contributed by atoms with Crippen LogP contribution in [0.25, 0.3) is 5.57 Å². The third kappa shape index (κ3) is 2.71. The van der Waals surface area contributed by atoms with E-state index in [0.717, 1.165) is 27.0 Å². The van der Waals surface area contributed by atoms with E-state index in [4.69, 9.17) is 0 Å². The fourth-order valence-corrected chi connectivity index (χ4v) is 4.95. The number of aromatic nitrogens is 1. The van der Waals surface area contributed by atoms with Gasteiger partial charge in [-0.25, -0.2) is 4.99 Å². The van der Waals surface area contributed by atoms with Crippen molar-refractivity contribution >= 4 is 50.1 Å². The van der Waals surface area contributed by atoms with Crippen LogP contribution in [0.2, 0.25) is 0 Å². The summed E-state index contributed by atoms with van der Waals surface area (Å²) in [6.45, 7) is 2.84. The highest BCUT2D eigenvalue weighted by atomic mass is 79.9. The van der Waals surface area contributed by atoms with Gasteiger partial charge in [-0.2, -0.15) is 0 Å². The maximum atomic E-state index is 13.2. The molecule has 0 spiro atoms. The van der Waals surface area contributed by atoms with Gasteiger partial charge in [0.2, 0.25) is 0 Å². The van der Waals surface area contributed by atoms with Crippen molar-refractivity contribution in [1.82, 2.24) is 4.57 Å². The Balaban J connectivity index is 1.66. The van der Waals surface area contributed by atoms with Crippen molar-refractivity contribution in [2.75, 3.05) is 16.9 Å². The molecule has 6 nitrogen and oxygen atoms in total. The largest absolute Gasteiger partial charge is 0.334 e. The summed E-state index contributed by atoms with van der Waals surface area (Å²) < 4.78 is 3.05. The Morgan fingerprint density at radius 3 is 2.86 bits per heavy atom. The van der Waals surface area contributed by atoms with Gasteiger partial charge >= 0.3 is 0 Å². The van der Waals surface area contributed by atoms with Crippen LogP contribution in [0.5, 0.6) is 0 Å². The highest BCUT2D eigenvalue weighted by molar-refractivity contribution is 9.10. The summed E-state index contributed by atoms with van der Waals surface area (Å²) in [5.74, 6) is -0.235. The molecule has 28 heavy (non-hydrogen) atoms. The summed E-state index contributed by atoms with van der Waals surface area (Å²) in [4.78, 5) is 33.0. The van der Waals surface area contributed by atoms with Gasteiger partial charge in [-0.3, -0.25) is 14.2 Å². The lowest BCUT2D eigenvalue weighted by molar-refractivity contribution is -0.110. The lowest BCUT2D eigenvalue weighted by atomic mass is 10.1. The molecule has 140 valence electrons. The van der Waals surface area contributed by atoms with E-state index in [9.17, 15) is 9.59 Å². The third-order valence-corrected chi connectivity index (χ3v) is 6.48. The first kappa shape index (κ1) is 17.4. The molecule has 5 rings (SSSR count). The number of hydrogen-bond donors (Lipinski definition) is 1. The lowest BCUT2D eigenvalue weighted by Crippen LogP contribution is -2.43. The van der Waals surface area contributed by atoms with Crippen LogP contribution in [0, 0.1) is 6.92 Å². The molecule has 2 aliphatic rings. The first-order valence-electron chi connectivity index (χ1n) is 8.72. The molecule has 1 aromatic heterocycles. The highest BCUT2D eigenvalue weighted by Crippen LogP contribution is 2.30. The third-order valence-electron chi connectivity index (χ3n) is 4.87. The second-order valence-corrected chi connectivity index (χ2v) is 8.68. The zero-order chi connectivity index (χ0) is 19.4. The van der Waals surface area contributed by atoms with E-state index in [1.807, 2.05) is 54.3 Å². The summed E-state index contributed by atoms with van der Waals surface area (Å²) in [5, 5.41) is 2.86. The maximum absolute atomic E-state index is 13.2. The van der Waals surface area contributed by atoms with E-state index < -0.39 is 0 Å². The molecular weight excluding hydrogens is 440 g/mol. The predicted octanol–water partition coefficient (Wildman–Crippen LogP) is 2.19. The van der Waals surface area contributed by atoms with Gasteiger partial charge in [0.15, 0.2) is 4.80 Å². The second-order valence-electron chi connectivity index (χ2n) is 6.79. The SMILES string of the molecule is Cc1ccc2c(c1)/C(=c1/sc3n(c1=O)CN(c1cccc(Br)c1)CN=3)C(=O)N2. The number of fused-ring (bicyclic) bond motifs is 2. The summed E-state index contributed by atoms with van der Waals surface area (Å²) in [7, 11) is 0. The molecule has 0 atom stereocenters. The molecule has 0 bridgehead atoms. The summed E-state index contributed by atoms with van der Waals surface area (Å²) in [5.41, 5.74) is 3.82. The topological polar surface area (TPSA) is 66.7 Å². The van der Waals surface area contributed by atoms with E-state index in [1.54, 1.807) is 4.57 Å². The molecule has 0 fully saturated rings. The summed E-state index contributed by atoms with van der Waals surface area (Å²) in [6, 6.07) is 13.7. The number of halogens is 1. The number of hydrogen-bond acceptors (Lipinski definition) is 5. The van der Waals surface area contributed by atoms with Gasteiger partial charge in [0.25, 0.3) is 11.5 Å². The van der Waals surface area contributed by atoms with Crippen molar-refractivity contribution in [3.63, 3.8) is 0 Å². The molecular formula is C20H15BrN4O2S. The minimum absolute atomic E-state index is 0.178. The average Bonchev–Trinajstić information content (AvgIpc) is 3.17. The molecule has 1 N–H and O–H groups in total. The number of thiazole rings is 1. The predicted molar refractivity (Wildman–Crippen MR) is 113 cm³/mol. The van der Waals surface area contributed by atoms with E-state index in [1.165, 1.54) is 11.3 Å². The Kier molecular flexibility index (Phi) is 3.99. The van der Waals surface area contributed by atoms with E-state index in [0.29, 0.717) is 28.2 Å². The van der Waals surface area contributed by atoms with Crippen LogP contribution in [0.3, 0.4) is 0 Å². The Hall–Kier alpha value is -2.71. The van der Waals surface area contributed by atoms with Crippen molar-refractivity contribution in [3.8, 4) is 0 Å². The number of anilines is 2. The first-order chi connectivity index (χ1) is 13.5. The molecule has 0 unspecified atom stereocenters. The number of amides is 1. The number of rotatable bonds is 1. The van der Waals surface area contributed by atoms with Gasteiger partial charge in [-0.15, -0.1) is 0 Å². The number of nitrogens with zero attached hydrogens (tertiary/aromatic N) is 3. The Bertz CT molecular complexity index is 1320. The van der Waals surface area contributed by atoms with Crippen LogP contribution in [0.1, 0.15) is 11.1 Å². The van der Waals surface area contributed by atoms with Crippen molar-refractivity contribution in [1.29, 1.82) is 0 Å². The van der Waals surface area contributed by atoms with Gasteiger partial charge in [0, 0.05) is 21.4 Å². The standard InChI is InChI=1S/C20H15BrN4O2S/c1-11-5-6-15-14(7-11)16(18(26)23-15)17-19(27)25-10-24(9-22-20(25)28-17)13-4-2-3-12(21)8-13/h2-8H,9-10H2,1H3,(H,23,26)/b17-16-. The summed E-state index contributed by atoms with van der Waals surface area (Å²) >= 11 is 4.76. The number of carbonyl (C=O) groups is 1. The molecule has 0 saturated carbocycles. The molecule has 0 aliphatic carbocycles. The quantitative estimate of drug-likeness (QED) is 0.612. The van der Waals surface area contributed by atoms with Gasteiger partial charge in [0.05, 0.1) is 5.57 Å². The van der Waals surface area contributed by atoms with Crippen LogP contribution < -0.4 is 25.1 Å². The maximum Gasteiger partial charge on any atom is 0.272 e. The molecule has 0 saturated heterocycles. The second kappa shape index (κ2) is 6.42. The van der Waals surface area contributed by atoms with Crippen molar-refractivity contribution in [2.45, 2.75) is 13.6 Å². The number of benzene rings is 2. The molecule has 0 radical (unpaired) electrons. The molecule has 3 aromatic rings. The Morgan fingerprint density at radius 1 is 1.18 bits per heavy atom. The Labute approximate surface area is 172 Å². The number of carbonyl (C=O) groups excluding carboxylic acids is 1. The minimum Gasteiger partial charge on any atom is -0.334 e. The van der Waals surface area contributed by atoms with E-state index in [-0.39, 0.29) is 11.5 Å². The monoisotopic (exact) mass is 454 g/mol. The van der Waals surface area contributed by atoms with Gasteiger partial charge in [-0.05, 0) is 37.3 Å². The van der Waals surface area contributed by atoms with Crippen LogP contribution in [-0.2, 0) is 11.5 Å².